The molecule has 2 aromatic carbocycles. The number of amides is 2. The van der Waals surface area contributed by atoms with E-state index in [-0.39, 0.29) is 48.2 Å². The summed E-state index contributed by atoms with van der Waals surface area (Å²) in [4.78, 5) is 28.6. The number of nitrogens with one attached hydrogen (secondary N) is 1. The summed E-state index contributed by atoms with van der Waals surface area (Å²) in [6.07, 6.45) is 1.93. The number of anilines is 2. The van der Waals surface area contributed by atoms with Gasteiger partial charge in [-0.15, -0.1) is 5.10 Å². The number of carbonyl (C=O) groups is 2. The first-order chi connectivity index (χ1) is 18.2. The van der Waals surface area contributed by atoms with E-state index in [0.717, 1.165) is 18.2 Å². The number of halogens is 2. The largest absolute Gasteiger partial charge is 0.353 e. The Bertz CT molecular complexity index is 1440. The van der Waals surface area contributed by atoms with Crippen LogP contribution >= 0.6 is 0 Å². The summed E-state index contributed by atoms with van der Waals surface area (Å²) in [5.41, 5.74) is 0.122. The molecule has 0 unspecified atom stereocenters. The van der Waals surface area contributed by atoms with Gasteiger partial charge in [-0.25, -0.2) is 17.2 Å². The van der Waals surface area contributed by atoms with Crippen molar-refractivity contribution in [1.82, 2.24) is 15.1 Å². The lowest BCUT2D eigenvalue weighted by Crippen LogP contribution is -2.52. The van der Waals surface area contributed by atoms with Crippen LogP contribution in [-0.4, -0.2) is 66.8 Å². The fraction of sp³-hybridized carbons (Fsp3) is 0.308. The molecule has 2 saturated heterocycles. The molecule has 0 aliphatic carbocycles. The molecule has 1 N–H and O–H groups in total. The van der Waals surface area contributed by atoms with Crippen molar-refractivity contribution < 1.29 is 26.8 Å². The second kappa shape index (κ2) is 10.4. The minimum Gasteiger partial charge on any atom is -0.353 e. The highest BCUT2D eigenvalue weighted by atomic mass is 32.2. The van der Waals surface area contributed by atoms with Crippen LogP contribution in [0.25, 0.3) is 0 Å². The summed E-state index contributed by atoms with van der Waals surface area (Å²) >= 11 is 0. The number of carbonyl (C=O) groups excluding carboxylic acids is 2. The summed E-state index contributed by atoms with van der Waals surface area (Å²) in [7, 11) is -3.69. The van der Waals surface area contributed by atoms with Gasteiger partial charge >= 0.3 is 0 Å². The monoisotopic (exact) mass is 541 g/mol. The van der Waals surface area contributed by atoms with Crippen molar-refractivity contribution >= 4 is 33.2 Å². The molecule has 0 saturated carbocycles. The second-order valence-corrected chi connectivity index (χ2v) is 11.6. The summed E-state index contributed by atoms with van der Waals surface area (Å²) in [5, 5.41) is 9.96. The lowest BCUT2D eigenvalue weighted by Gasteiger charge is -2.38. The van der Waals surface area contributed by atoms with Crippen LogP contribution in [0.3, 0.4) is 0 Å². The van der Waals surface area contributed by atoms with Gasteiger partial charge in [0.05, 0.1) is 21.6 Å². The number of hydrogen-bond donors (Lipinski definition) is 1. The zero-order valence-corrected chi connectivity index (χ0v) is 21.1. The molecular weight excluding hydrogens is 516 g/mol. The van der Waals surface area contributed by atoms with Crippen LogP contribution in [0.1, 0.15) is 23.2 Å². The molecule has 0 bridgehead atoms. The lowest BCUT2D eigenvalue weighted by molar-refractivity contribution is -0.120. The summed E-state index contributed by atoms with van der Waals surface area (Å²) < 4.78 is 53.8. The van der Waals surface area contributed by atoms with E-state index in [1.54, 1.807) is 24.4 Å². The zero-order valence-electron chi connectivity index (χ0n) is 20.3. The fourth-order valence-corrected chi connectivity index (χ4v) is 6.39. The normalized spacial score (nSPS) is 16.7. The fourth-order valence-electron chi connectivity index (χ4n) is 4.66. The van der Waals surface area contributed by atoms with Crippen LogP contribution in [0.2, 0.25) is 0 Å². The van der Waals surface area contributed by atoms with E-state index in [1.165, 1.54) is 17.0 Å². The van der Waals surface area contributed by atoms with Crippen LogP contribution in [-0.2, 0) is 14.6 Å². The first-order valence-corrected chi connectivity index (χ1v) is 13.7. The topological polar surface area (TPSA) is 113 Å². The summed E-state index contributed by atoms with van der Waals surface area (Å²) in [6.45, 7) is 1.26. The number of piperidine rings is 1. The molecule has 5 rings (SSSR count). The molecule has 2 aliphatic heterocycles. The molecule has 0 atom stereocenters. The molecule has 38 heavy (non-hydrogen) atoms. The molecule has 9 nitrogen and oxygen atoms in total. The van der Waals surface area contributed by atoms with Gasteiger partial charge in [-0.2, -0.15) is 5.10 Å². The van der Waals surface area contributed by atoms with Crippen molar-refractivity contribution in [2.24, 2.45) is 5.92 Å². The average Bonchev–Trinajstić information content (AvgIpc) is 2.90. The Kier molecular flexibility index (Phi) is 7.06. The van der Waals surface area contributed by atoms with Crippen LogP contribution in [0.4, 0.5) is 20.3 Å². The summed E-state index contributed by atoms with van der Waals surface area (Å²) in [6, 6.07) is 12.3. The van der Waals surface area contributed by atoms with Gasteiger partial charge in [0.1, 0.15) is 11.6 Å². The number of hydrogen-bond acceptors (Lipinski definition) is 7. The predicted molar refractivity (Wildman–Crippen MR) is 135 cm³/mol. The maximum atomic E-state index is 14.0. The van der Waals surface area contributed by atoms with Gasteiger partial charge in [0.15, 0.2) is 15.7 Å². The van der Waals surface area contributed by atoms with E-state index in [9.17, 15) is 26.8 Å². The van der Waals surface area contributed by atoms with E-state index in [2.05, 4.69) is 15.5 Å². The standard InChI is InChI=1S/C26H25F2N5O4S/c27-18-3-8-23(28)22(14-18)26(35)32-12-9-21(10-13-32)38(36,37)20-6-4-19(5-7-20)30-25(34)17-15-33(16-17)24-2-1-11-29-31-24/h1-8,11,14,17,21H,9-10,12-13,15-16H2,(H,30,34). The number of sulfone groups is 1. The molecule has 0 radical (unpaired) electrons. The lowest BCUT2D eigenvalue weighted by atomic mass is 9.99. The second-order valence-electron chi connectivity index (χ2n) is 9.36. The number of benzene rings is 2. The van der Waals surface area contributed by atoms with Gasteiger partial charge in [-0.05, 0) is 67.4 Å². The highest BCUT2D eigenvalue weighted by Crippen LogP contribution is 2.28. The van der Waals surface area contributed by atoms with Crippen LogP contribution in [0.15, 0.2) is 65.7 Å². The van der Waals surface area contributed by atoms with Gasteiger partial charge in [-0.1, -0.05) is 0 Å². The van der Waals surface area contributed by atoms with Crippen LogP contribution in [0, 0.1) is 17.6 Å². The quantitative estimate of drug-likeness (QED) is 0.511. The van der Waals surface area contributed by atoms with E-state index in [1.807, 2.05) is 11.0 Å². The SMILES string of the molecule is O=C(Nc1ccc(S(=O)(=O)C2CCN(C(=O)c3cc(F)ccc3F)CC2)cc1)C1CN(c2cccnn2)C1. The molecule has 2 fully saturated rings. The van der Waals surface area contributed by atoms with Crippen molar-refractivity contribution in [3.05, 3.63) is 78.0 Å². The van der Waals surface area contributed by atoms with Crippen LogP contribution < -0.4 is 10.2 Å². The third-order valence-corrected chi connectivity index (χ3v) is 9.19. The molecule has 12 heteroatoms. The van der Waals surface area contributed by atoms with Gasteiger partial charge in [0, 0.05) is 38.1 Å². The highest BCUT2D eigenvalue weighted by Gasteiger charge is 2.35. The van der Waals surface area contributed by atoms with Gasteiger partial charge in [0.2, 0.25) is 5.91 Å². The maximum absolute atomic E-state index is 14.0. The molecule has 3 aromatic rings. The number of aromatic nitrogens is 2. The Morgan fingerprint density at radius 2 is 1.68 bits per heavy atom. The molecule has 2 amide bonds. The highest BCUT2D eigenvalue weighted by molar-refractivity contribution is 7.92. The molecule has 2 aliphatic rings. The number of likely N-dealkylation sites (tertiary alicyclic amines) is 1. The Morgan fingerprint density at radius 1 is 0.974 bits per heavy atom. The molecule has 3 heterocycles. The Balaban J connectivity index is 1.15. The van der Waals surface area contributed by atoms with Gasteiger partial charge in [-0.3, -0.25) is 9.59 Å². The first-order valence-electron chi connectivity index (χ1n) is 12.1. The van der Waals surface area contributed by atoms with Crippen molar-refractivity contribution in [1.29, 1.82) is 0 Å². The molecule has 198 valence electrons. The third kappa shape index (κ3) is 5.21. The molecule has 1 aromatic heterocycles. The Labute approximate surface area is 218 Å². The van der Waals surface area contributed by atoms with Gasteiger partial charge in [0.25, 0.3) is 5.91 Å². The average molecular weight is 542 g/mol. The van der Waals surface area contributed by atoms with E-state index >= 15 is 0 Å². The van der Waals surface area contributed by atoms with Gasteiger partial charge < -0.3 is 15.1 Å². The third-order valence-electron chi connectivity index (χ3n) is 6.91. The van der Waals surface area contributed by atoms with Crippen molar-refractivity contribution in [2.75, 3.05) is 36.4 Å². The van der Waals surface area contributed by atoms with E-state index in [4.69, 9.17) is 0 Å². The Hall–Kier alpha value is -3.93. The van der Waals surface area contributed by atoms with E-state index in [0.29, 0.717) is 24.6 Å². The van der Waals surface area contributed by atoms with Crippen molar-refractivity contribution in [3.63, 3.8) is 0 Å². The Morgan fingerprint density at radius 3 is 2.34 bits per heavy atom. The maximum Gasteiger partial charge on any atom is 0.256 e. The number of nitrogens with zero attached hydrogens (tertiary/aromatic N) is 4. The smallest absolute Gasteiger partial charge is 0.256 e. The predicted octanol–water partition coefficient (Wildman–Crippen LogP) is 2.91. The number of rotatable bonds is 6. The summed E-state index contributed by atoms with van der Waals surface area (Å²) in [5.74, 6) is -1.87. The van der Waals surface area contributed by atoms with Crippen molar-refractivity contribution in [3.8, 4) is 0 Å². The minimum atomic E-state index is -3.69. The minimum absolute atomic E-state index is 0.111. The molecule has 0 spiro atoms. The molecular formula is C26H25F2N5O4S. The van der Waals surface area contributed by atoms with E-state index < -0.39 is 32.6 Å². The van der Waals surface area contributed by atoms with Crippen LogP contribution in [0.5, 0.6) is 0 Å². The zero-order chi connectivity index (χ0) is 26.9. The van der Waals surface area contributed by atoms with Crippen molar-refractivity contribution in [2.45, 2.75) is 23.0 Å². The first kappa shape index (κ1) is 25.7.